The van der Waals surface area contributed by atoms with Crippen LogP contribution in [0.4, 0.5) is 0 Å². The molecule has 9 heteroatoms. The molecule has 2 amide bonds. The molecule has 3 N–H and O–H groups in total. The van der Waals surface area contributed by atoms with E-state index in [1.54, 1.807) is 48.8 Å². The molecule has 0 spiro atoms. The number of carbonyl (C=O) groups excluding carboxylic acids is 2. The van der Waals surface area contributed by atoms with Gasteiger partial charge in [-0.2, -0.15) is 4.98 Å². The molecule has 0 aliphatic carbocycles. The lowest BCUT2D eigenvalue weighted by Crippen LogP contribution is -2.23. The Kier molecular flexibility index (Phi) is 5.18. The molecular weight excluding hydrogens is 338 g/mol. The number of rotatable bonds is 7. The summed E-state index contributed by atoms with van der Waals surface area (Å²) in [7, 11) is 0. The van der Waals surface area contributed by atoms with E-state index in [4.69, 9.17) is 15.0 Å². The van der Waals surface area contributed by atoms with Gasteiger partial charge in [0.05, 0.1) is 5.56 Å². The van der Waals surface area contributed by atoms with E-state index in [0.717, 1.165) is 5.56 Å². The number of carbonyl (C=O) groups is 2. The molecule has 132 valence electrons. The monoisotopic (exact) mass is 353 g/mol. The van der Waals surface area contributed by atoms with Crippen molar-refractivity contribution in [3.05, 3.63) is 71.6 Å². The van der Waals surface area contributed by atoms with Crippen LogP contribution in [0, 0.1) is 0 Å². The zero-order valence-electron chi connectivity index (χ0n) is 13.6. The molecule has 0 fully saturated rings. The Labute approximate surface area is 148 Å². The second-order valence-corrected chi connectivity index (χ2v) is 5.20. The number of hydrogen-bond acceptors (Lipinski definition) is 7. The number of nitrogens with two attached hydrogens (primary N) is 1. The van der Waals surface area contributed by atoms with Crippen molar-refractivity contribution in [3.8, 4) is 5.75 Å². The fourth-order valence-electron chi connectivity index (χ4n) is 2.10. The number of para-hydroxylation sites is 1. The van der Waals surface area contributed by atoms with E-state index in [0.29, 0.717) is 12.3 Å². The molecule has 3 rings (SSSR count). The van der Waals surface area contributed by atoms with Gasteiger partial charge in [0.15, 0.2) is 6.61 Å². The lowest BCUT2D eigenvalue weighted by Gasteiger charge is -2.06. The van der Waals surface area contributed by atoms with Crippen molar-refractivity contribution in [1.29, 1.82) is 0 Å². The highest BCUT2D eigenvalue weighted by molar-refractivity contribution is 5.95. The van der Waals surface area contributed by atoms with E-state index in [2.05, 4.69) is 20.4 Å². The van der Waals surface area contributed by atoms with Crippen LogP contribution in [-0.4, -0.2) is 26.9 Å². The summed E-state index contributed by atoms with van der Waals surface area (Å²) in [5.74, 6) is -0.823. The average molecular weight is 353 g/mol. The first-order valence-electron chi connectivity index (χ1n) is 7.65. The van der Waals surface area contributed by atoms with Gasteiger partial charge >= 0.3 is 11.8 Å². The summed E-state index contributed by atoms with van der Waals surface area (Å²) in [6.07, 6.45) is 3.26. The minimum Gasteiger partial charge on any atom is -0.485 e. The standard InChI is InChI=1S/C17H15N5O4/c18-15(23)12-3-1-2-4-13(12)25-10-14-21-17(26-22-14)16(24)20-9-11-5-7-19-8-6-11/h1-8H,9-10H2,(H2,18,23)(H,20,24). The number of ether oxygens (including phenoxy) is 1. The minimum absolute atomic E-state index is 0.0779. The zero-order valence-corrected chi connectivity index (χ0v) is 13.6. The van der Waals surface area contributed by atoms with Crippen molar-refractivity contribution in [2.45, 2.75) is 13.2 Å². The van der Waals surface area contributed by atoms with Crippen molar-refractivity contribution in [1.82, 2.24) is 20.4 Å². The number of nitrogens with one attached hydrogen (secondary N) is 1. The van der Waals surface area contributed by atoms with Gasteiger partial charge < -0.3 is 20.3 Å². The van der Waals surface area contributed by atoms with Crippen LogP contribution in [0.3, 0.4) is 0 Å². The van der Waals surface area contributed by atoms with Crippen LogP contribution < -0.4 is 15.8 Å². The Balaban J connectivity index is 1.58. The summed E-state index contributed by atoms with van der Waals surface area (Å²) in [5.41, 5.74) is 6.41. The van der Waals surface area contributed by atoms with Crippen LogP contribution >= 0.6 is 0 Å². The first kappa shape index (κ1) is 17.1. The Morgan fingerprint density at radius 2 is 1.92 bits per heavy atom. The maximum Gasteiger partial charge on any atom is 0.316 e. The van der Waals surface area contributed by atoms with E-state index >= 15 is 0 Å². The molecule has 0 bridgehead atoms. The smallest absolute Gasteiger partial charge is 0.316 e. The van der Waals surface area contributed by atoms with Gasteiger partial charge in [0.25, 0.3) is 5.91 Å². The predicted molar refractivity (Wildman–Crippen MR) is 89.0 cm³/mol. The highest BCUT2D eigenvalue weighted by Gasteiger charge is 2.16. The van der Waals surface area contributed by atoms with Gasteiger partial charge in [-0.3, -0.25) is 14.6 Å². The highest BCUT2D eigenvalue weighted by atomic mass is 16.5. The van der Waals surface area contributed by atoms with Crippen LogP contribution in [0.15, 0.2) is 53.3 Å². The van der Waals surface area contributed by atoms with Gasteiger partial charge in [0.2, 0.25) is 5.82 Å². The fourth-order valence-corrected chi connectivity index (χ4v) is 2.10. The zero-order chi connectivity index (χ0) is 18.4. The van der Waals surface area contributed by atoms with E-state index in [1.165, 1.54) is 0 Å². The Morgan fingerprint density at radius 1 is 1.15 bits per heavy atom. The van der Waals surface area contributed by atoms with Crippen molar-refractivity contribution in [3.63, 3.8) is 0 Å². The molecule has 0 saturated heterocycles. The first-order chi connectivity index (χ1) is 12.6. The summed E-state index contributed by atoms with van der Waals surface area (Å²) in [5, 5.41) is 6.35. The maximum atomic E-state index is 12.0. The molecule has 2 aromatic heterocycles. The average Bonchev–Trinajstić information content (AvgIpc) is 3.14. The Hall–Kier alpha value is -3.75. The van der Waals surface area contributed by atoms with Crippen molar-refractivity contribution in [2.75, 3.05) is 0 Å². The second-order valence-electron chi connectivity index (χ2n) is 5.20. The molecule has 3 aromatic rings. The van der Waals surface area contributed by atoms with Crippen LogP contribution in [-0.2, 0) is 13.2 Å². The molecule has 0 saturated carbocycles. The van der Waals surface area contributed by atoms with Gasteiger partial charge in [0, 0.05) is 18.9 Å². The summed E-state index contributed by atoms with van der Waals surface area (Å²) in [6.45, 7) is 0.229. The van der Waals surface area contributed by atoms with E-state index in [-0.39, 0.29) is 23.9 Å². The molecule has 9 nitrogen and oxygen atoms in total. The van der Waals surface area contributed by atoms with Crippen LogP contribution in [0.5, 0.6) is 5.75 Å². The van der Waals surface area contributed by atoms with Crippen LogP contribution in [0.25, 0.3) is 0 Å². The fraction of sp³-hybridized carbons (Fsp3) is 0.118. The highest BCUT2D eigenvalue weighted by Crippen LogP contribution is 2.18. The largest absolute Gasteiger partial charge is 0.485 e. The Morgan fingerprint density at radius 3 is 2.69 bits per heavy atom. The van der Waals surface area contributed by atoms with Crippen LogP contribution in [0.2, 0.25) is 0 Å². The van der Waals surface area contributed by atoms with Gasteiger partial charge in [-0.15, -0.1) is 0 Å². The third-order valence-electron chi connectivity index (χ3n) is 3.37. The number of hydrogen-bond donors (Lipinski definition) is 2. The maximum absolute atomic E-state index is 12.0. The molecule has 1 aromatic carbocycles. The van der Waals surface area contributed by atoms with Crippen molar-refractivity contribution < 1.29 is 18.8 Å². The second kappa shape index (κ2) is 7.88. The normalized spacial score (nSPS) is 10.3. The third-order valence-corrected chi connectivity index (χ3v) is 3.37. The summed E-state index contributed by atoms with van der Waals surface area (Å²) in [4.78, 5) is 31.2. The number of amides is 2. The summed E-state index contributed by atoms with van der Waals surface area (Å²) >= 11 is 0. The van der Waals surface area contributed by atoms with Gasteiger partial charge in [-0.1, -0.05) is 17.3 Å². The van der Waals surface area contributed by atoms with E-state index in [1.807, 2.05) is 0 Å². The molecule has 0 aliphatic rings. The van der Waals surface area contributed by atoms with Crippen molar-refractivity contribution in [2.24, 2.45) is 5.73 Å². The molecule has 0 unspecified atom stereocenters. The van der Waals surface area contributed by atoms with Gasteiger partial charge in [-0.05, 0) is 29.8 Å². The molecule has 0 radical (unpaired) electrons. The number of aromatic nitrogens is 3. The third kappa shape index (κ3) is 4.20. The number of pyridine rings is 1. The van der Waals surface area contributed by atoms with E-state index in [9.17, 15) is 9.59 Å². The summed E-state index contributed by atoms with van der Waals surface area (Å²) in [6, 6.07) is 10.1. The quantitative estimate of drug-likeness (QED) is 0.649. The van der Waals surface area contributed by atoms with E-state index < -0.39 is 11.8 Å². The molecule has 2 heterocycles. The molecule has 0 aliphatic heterocycles. The van der Waals surface area contributed by atoms with Crippen molar-refractivity contribution >= 4 is 11.8 Å². The topological polar surface area (TPSA) is 133 Å². The first-order valence-corrected chi connectivity index (χ1v) is 7.65. The van der Waals surface area contributed by atoms with Gasteiger partial charge in [0.1, 0.15) is 5.75 Å². The number of primary amides is 1. The molecule has 0 atom stereocenters. The SMILES string of the molecule is NC(=O)c1ccccc1OCc1noc(C(=O)NCc2ccncc2)n1. The Bertz CT molecular complexity index is 910. The number of benzene rings is 1. The van der Waals surface area contributed by atoms with Gasteiger partial charge in [-0.25, -0.2) is 0 Å². The van der Waals surface area contributed by atoms with Crippen LogP contribution in [0.1, 0.15) is 32.4 Å². The minimum atomic E-state index is -0.607. The summed E-state index contributed by atoms with van der Waals surface area (Å²) < 4.78 is 10.4. The molecular formula is C17H15N5O4. The predicted octanol–water partition coefficient (Wildman–Crippen LogP) is 1.07. The molecule has 26 heavy (non-hydrogen) atoms. The number of nitrogens with zero attached hydrogens (tertiary/aromatic N) is 3. The lowest BCUT2D eigenvalue weighted by atomic mass is 10.2. The lowest BCUT2D eigenvalue weighted by molar-refractivity contribution is 0.0906.